The zero-order valence-electron chi connectivity index (χ0n) is 9.57. The van der Waals surface area contributed by atoms with Crippen LogP contribution in [0.15, 0.2) is 28.7 Å². The van der Waals surface area contributed by atoms with Crippen molar-refractivity contribution in [3.05, 3.63) is 30.0 Å². The van der Waals surface area contributed by atoms with E-state index in [0.717, 1.165) is 22.4 Å². The highest BCUT2D eigenvalue weighted by molar-refractivity contribution is 5.92. The summed E-state index contributed by atoms with van der Waals surface area (Å²) in [6.07, 6.45) is 0. The van der Waals surface area contributed by atoms with Crippen molar-refractivity contribution in [3.63, 3.8) is 0 Å². The number of nitrogens with one attached hydrogen (secondary N) is 1. The number of hydrogen-bond acceptors (Lipinski definition) is 2. The van der Waals surface area contributed by atoms with Crippen LogP contribution in [0.5, 0.6) is 0 Å². The molecule has 0 unspecified atom stereocenters. The number of aryl methyl sites for hydroxylation is 1. The molecule has 0 aliphatic heterocycles. The molecule has 0 aliphatic carbocycles. The van der Waals surface area contributed by atoms with Crippen LogP contribution in [0.25, 0.3) is 11.0 Å². The predicted octanol–water partition coefficient (Wildman–Crippen LogP) is 2.83. The minimum Gasteiger partial charge on any atom is -0.461 e. The first-order valence-electron chi connectivity index (χ1n) is 5.05. The Morgan fingerprint density at radius 2 is 2.06 bits per heavy atom. The van der Waals surface area contributed by atoms with E-state index in [4.69, 9.17) is 4.42 Å². The van der Waals surface area contributed by atoms with Crippen LogP contribution < -0.4 is 5.32 Å². The van der Waals surface area contributed by atoms with Gasteiger partial charge in [0.2, 0.25) is 0 Å². The number of amides is 2. The van der Waals surface area contributed by atoms with Crippen molar-refractivity contribution in [3.8, 4) is 0 Å². The number of carbonyl (C=O) groups is 1. The fourth-order valence-corrected chi connectivity index (χ4v) is 1.49. The van der Waals surface area contributed by atoms with Gasteiger partial charge in [-0.1, -0.05) is 0 Å². The van der Waals surface area contributed by atoms with Crippen LogP contribution >= 0.6 is 0 Å². The van der Waals surface area contributed by atoms with Crippen LogP contribution in [0, 0.1) is 6.92 Å². The van der Waals surface area contributed by atoms with E-state index < -0.39 is 0 Å². The zero-order valence-corrected chi connectivity index (χ0v) is 9.57. The second-order valence-corrected chi connectivity index (χ2v) is 3.93. The van der Waals surface area contributed by atoms with Crippen molar-refractivity contribution in [2.24, 2.45) is 0 Å². The van der Waals surface area contributed by atoms with Gasteiger partial charge < -0.3 is 14.6 Å². The van der Waals surface area contributed by atoms with Gasteiger partial charge in [-0.25, -0.2) is 4.79 Å². The van der Waals surface area contributed by atoms with E-state index in [1.165, 1.54) is 4.90 Å². The number of fused-ring (bicyclic) bond motifs is 1. The van der Waals surface area contributed by atoms with Crippen molar-refractivity contribution < 1.29 is 9.21 Å². The van der Waals surface area contributed by atoms with Crippen molar-refractivity contribution in [2.45, 2.75) is 6.92 Å². The Morgan fingerprint density at radius 1 is 1.31 bits per heavy atom. The Morgan fingerprint density at radius 3 is 2.75 bits per heavy atom. The Hall–Kier alpha value is -1.97. The fraction of sp³-hybridized carbons (Fsp3) is 0.250. The van der Waals surface area contributed by atoms with E-state index in [0.29, 0.717) is 0 Å². The molecule has 0 radical (unpaired) electrons. The smallest absolute Gasteiger partial charge is 0.321 e. The Kier molecular flexibility index (Phi) is 2.56. The maximum absolute atomic E-state index is 11.4. The summed E-state index contributed by atoms with van der Waals surface area (Å²) in [5.41, 5.74) is 1.60. The topological polar surface area (TPSA) is 45.5 Å². The van der Waals surface area contributed by atoms with E-state index in [1.807, 2.05) is 31.2 Å². The highest BCUT2D eigenvalue weighted by atomic mass is 16.3. The minimum absolute atomic E-state index is 0.139. The quantitative estimate of drug-likeness (QED) is 0.800. The molecule has 4 nitrogen and oxygen atoms in total. The fourth-order valence-electron chi connectivity index (χ4n) is 1.49. The van der Waals surface area contributed by atoms with Crippen LogP contribution in [0.4, 0.5) is 10.5 Å². The number of furan rings is 1. The van der Waals surface area contributed by atoms with Crippen molar-refractivity contribution in [1.82, 2.24) is 4.90 Å². The summed E-state index contributed by atoms with van der Waals surface area (Å²) in [6, 6.07) is 7.38. The van der Waals surface area contributed by atoms with Gasteiger partial charge in [0.05, 0.1) is 0 Å². The number of nitrogens with zero attached hydrogens (tertiary/aromatic N) is 1. The van der Waals surface area contributed by atoms with Crippen LogP contribution in [-0.4, -0.2) is 25.0 Å². The third-order valence-corrected chi connectivity index (χ3v) is 2.30. The summed E-state index contributed by atoms with van der Waals surface area (Å²) in [5, 5.41) is 3.78. The third-order valence-electron chi connectivity index (χ3n) is 2.30. The van der Waals surface area contributed by atoms with E-state index >= 15 is 0 Å². The summed E-state index contributed by atoms with van der Waals surface area (Å²) in [6.45, 7) is 1.90. The second-order valence-electron chi connectivity index (χ2n) is 3.93. The summed E-state index contributed by atoms with van der Waals surface area (Å²) < 4.78 is 5.45. The van der Waals surface area contributed by atoms with E-state index in [1.54, 1.807) is 14.1 Å². The molecule has 0 saturated carbocycles. The molecule has 0 saturated heterocycles. The summed E-state index contributed by atoms with van der Waals surface area (Å²) in [7, 11) is 3.41. The molecular weight excluding hydrogens is 204 g/mol. The average Bonchev–Trinajstić information content (AvgIpc) is 2.57. The SMILES string of the molecule is Cc1cc2cc(NC(=O)N(C)C)ccc2o1. The van der Waals surface area contributed by atoms with Crippen LogP contribution in [0.3, 0.4) is 0 Å². The molecule has 16 heavy (non-hydrogen) atoms. The lowest BCUT2D eigenvalue weighted by molar-refractivity contribution is 0.230. The molecule has 1 aromatic carbocycles. The molecule has 1 N–H and O–H groups in total. The lowest BCUT2D eigenvalue weighted by Gasteiger charge is -2.11. The number of rotatable bonds is 1. The van der Waals surface area contributed by atoms with E-state index in [9.17, 15) is 4.79 Å². The van der Waals surface area contributed by atoms with Gasteiger partial charge in [0.1, 0.15) is 11.3 Å². The third kappa shape index (κ3) is 2.00. The number of benzene rings is 1. The van der Waals surface area contributed by atoms with Gasteiger partial charge in [0, 0.05) is 25.2 Å². The first kappa shape index (κ1) is 10.5. The molecule has 2 amide bonds. The molecule has 0 atom stereocenters. The molecular formula is C12H14N2O2. The molecule has 0 aliphatic rings. The van der Waals surface area contributed by atoms with Gasteiger partial charge >= 0.3 is 6.03 Å². The Bertz CT molecular complexity index is 529. The molecule has 84 valence electrons. The first-order valence-corrected chi connectivity index (χ1v) is 5.05. The predicted molar refractivity (Wildman–Crippen MR) is 63.7 cm³/mol. The van der Waals surface area contributed by atoms with Crippen molar-refractivity contribution in [1.29, 1.82) is 0 Å². The summed E-state index contributed by atoms with van der Waals surface area (Å²) in [5.74, 6) is 0.867. The number of urea groups is 1. The van der Waals surface area contributed by atoms with Crippen molar-refractivity contribution >= 4 is 22.7 Å². The van der Waals surface area contributed by atoms with Gasteiger partial charge in [-0.15, -0.1) is 0 Å². The number of carbonyl (C=O) groups excluding carboxylic acids is 1. The van der Waals surface area contributed by atoms with Crippen LogP contribution in [0.1, 0.15) is 5.76 Å². The largest absolute Gasteiger partial charge is 0.461 e. The molecule has 0 fully saturated rings. The molecule has 2 aromatic rings. The monoisotopic (exact) mass is 218 g/mol. The molecule has 1 heterocycles. The summed E-state index contributed by atoms with van der Waals surface area (Å²) in [4.78, 5) is 12.9. The van der Waals surface area contributed by atoms with Gasteiger partial charge in [-0.05, 0) is 31.2 Å². The summed E-state index contributed by atoms with van der Waals surface area (Å²) >= 11 is 0. The number of hydrogen-bond donors (Lipinski definition) is 1. The maximum Gasteiger partial charge on any atom is 0.321 e. The second kappa shape index (κ2) is 3.89. The normalized spacial score (nSPS) is 10.4. The first-order chi connectivity index (χ1) is 7.56. The molecule has 4 heteroatoms. The highest BCUT2D eigenvalue weighted by Gasteiger charge is 2.05. The molecule has 0 bridgehead atoms. The minimum atomic E-state index is -0.139. The molecule has 0 spiro atoms. The van der Waals surface area contributed by atoms with Gasteiger partial charge in [0.25, 0.3) is 0 Å². The molecule has 1 aromatic heterocycles. The zero-order chi connectivity index (χ0) is 11.7. The lowest BCUT2D eigenvalue weighted by Crippen LogP contribution is -2.27. The lowest BCUT2D eigenvalue weighted by atomic mass is 10.2. The van der Waals surface area contributed by atoms with Gasteiger partial charge in [0.15, 0.2) is 0 Å². The van der Waals surface area contributed by atoms with Crippen LogP contribution in [0.2, 0.25) is 0 Å². The number of anilines is 1. The van der Waals surface area contributed by atoms with Crippen molar-refractivity contribution in [2.75, 3.05) is 19.4 Å². The molecule has 2 rings (SSSR count). The Labute approximate surface area is 93.8 Å². The Balaban J connectivity index is 2.29. The standard InChI is InChI=1S/C12H14N2O2/c1-8-6-9-7-10(4-5-11(9)16-8)13-12(15)14(2)3/h4-7H,1-3H3,(H,13,15). The van der Waals surface area contributed by atoms with Gasteiger partial charge in [-0.3, -0.25) is 0 Å². The maximum atomic E-state index is 11.4. The average molecular weight is 218 g/mol. The van der Waals surface area contributed by atoms with Crippen LogP contribution in [-0.2, 0) is 0 Å². The van der Waals surface area contributed by atoms with Gasteiger partial charge in [-0.2, -0.15) is 0 Å². The highest BCUT2D eigenvalue weighted by Crippen LogP contribution is 2.22. The van der Waals surface area contributed by atoms with E-state index in [2.05, 4.69) is 5.32 Å². The van der Waals surface area contributed by atoms with E-state index in [-0.39, 0.29) is 6.03 Å².